The predicted octanol–water partition coefficient (Wildman–Crippen LogP) is 2.37. The van der Waals surface area contributed by atoms with Crippen molar-refractivity contribution in [3.8, 4) is 11.4 Å². The van der Waals surface area contributed by atoms with E-state index < -0.39 is 0 Å². The Hall–Kier alpha value is -2.22. The van der Waals surface area contributed by atoms with Gasteiger partial charge in [-0.3, -0.25) is 0 Å². The molecule has 0 unspecified atom stereocenters. The maximum atomic E-state index is 5.93. The van der Waals surface area contributed by atoms with Crippen LogP contribution in [0.5, 0.6) is 0 Å². The number of hydrogen-bond donors (Lipinski definition) is 0. The zero-order valence-electron chi connectivity index (χ0n) is 19.4. The van der Waals surface area contributed by atoms with Crippen molar-refractivity contribution < 1.29 is 4.74 Å². The molecule has 0 spiro atoms. The third-order valence-electron chi connectivity index (χ3n) is 7.04. The van der Waals surface area contributed by atoms with Crippen LogP contribution in [-0.2, 0) is 11.2 Å². The Balaban J connectivity index is 1.17. The lowest BCUT2D eigenvalue weighted by Crippen LogP contribution is -2.44. The van der Waals surface area contributed by atoms with Crippen molar-refractivity contribution in [1.29, 1.82) is 0 Å². The van der Waals surface area contributed by atoms with E-state index in [4.69, 9.17) is 9.72 Å². The molecule has 7 nitrogen and oxygen atoms in total. The Morgan fingerprint density at radius 1 is 0.875 bits per heavy atom. The highest BCUT2D eigenvalue weighted by Gasteiger charge is 2.22. The summed E-state index contributed by atoms with van der Waals surface area (Å²) >= 11 is 0. The number of anilines is 2. The minimum atomic E-state index is 0.756. The van der Waals surface area contributed by atoms with Gasteiger partial charge in [-0.25, -0.2) is 9.97 Å². The molecule has 5 rings (SSSR count). The van der Waals surface area contributed by atoms with Gasteiger partial charge in [-0.15, -0.1) is 0 Å². The molecule has 0 N–H and O–H groups in total. The van der Waals surface area contributed by atoms with Gasteiger partial charge in [0.15, 0.2) is 5.82 Å². The molecule has 0 amide bonds. The van der Waals surface area contributed by atoms with Crippen LogP contribution in [0.4, 0.5) is 11.5 Å². The fourth-order valence-corrected chi connectivity index (χ4v) is 4.93. The first-order valence-corrected chi connectivity index (χ1v) is 12.2. The molecule has 2 saturated heterocycles. The van der Waals surface area contributed by atoms with E-state index >= 15 is 0 Å². The van der Waals surface area contributed by atoms with Gasteiger partial charge < -0.3 is 24.3 Å². The number of piperazine rings is 1. The molecule has 2 fully saturated rings. The van der Waals surface area contributed by atoms with Crippen LogP contribution in [0.3, 0.4) is 0 Å². The first kappa shape index (κ1) is 21.6. The van der Waals surface area contributed by atoms with E-state index in [0.29, 0.717) is 0 Å². The fourth-order valence-electron chi connectivity index (χ4n) is 4.93. The molecule has 3 aliphatic heterocycles. The summed E-state index contributed by atoms with van der Waals surface area (Å²) in [4.78, 5) is 19.3. The lowest BCUT2D eigenvalue weighted by atomic mass is 10.1. The molecular formula is C25H36N6O. The number of rotatable bonds is 8. The minimum Gasteiger partial charge on any atom is -0.378 e. The molecule has 0 saturated carbocycles. The Labute approximate surface area is 192 Å². The van der Waals surface area contributed by atoms with Gasteiger partial charge in [-0.05, 0) is 63.7 Å². The van der Waals surface area contributed by atoms with Crippen molar-refractivity contribution >= 4 is 11.5 Å². The van der Waals surface area contributed by atoms with Crippen LogP contribution in [0.25, 0.3) is 11.4 Å². The molecule has 32 heavy (non-hydrogen) atoms. The number of fused-ring (bicyclic) bond motifs is 1. The highest BCUT2D eigenvalue weighted by molar-refractivity contribution is 5.63. The van der Waals surface area contributed by atoms with E-state index in [9.17, 15) is 0 Å². The van der Waals surface area contributed by atoms with Gasteiger partial charge in [0.05, 0.1) is 13.2 Å². The molecule has 0 atom stereocenters. The van der Waals surface area contributed by atoms with Crippen molar-refractivity contribution in [2.75, 3.05) is 89.0 Å². The highest BCUT2D eigenvalue weighted by Crippen LogP contribution is 2.28. The topological polar surface area (TPSA) is 48.0 Å². The number of likely N-dealkylation sites (tertiary alicyclic amines) is 1. The summed E-state index contributed by atoms with van der Waals surface area (Å²) in [6, 6.07) is 8.75. The van der Waals surface area contributed by atoms with Crippen molar-refractivity contribution in [2.24, 2.45) is 0 Å². The Morgan fingerprint density at radius 3 is 2.41 bits per heavy atom. The summed E-state index contributed by atoms with van der Waals surface area (Å²) in [7, 11) is 2.19. The van der Waals surface area contributed by atoms with Crippen molar-refractivity contribution in [3.05, 3.63) is 36.0 Å². The lowest BCUT2D eigenvalue weighted by molar-refractivity contribution is 0.116. The number of benzene rings is 1. The highest BCUT2D eigenvalue weighted by atomic mass is 16.5. The molecule has 0 bridgehead atoms. The van der Waals surface area contributed by atoms with E-state index in [0.717, 1.165) is 82.7 Å². The summed E-state index contributed by atoms with van der Waals surface area (Å²) in [5.41, 5.74) is 3.62. The Morgan fingerprint density at radius 2 is 1.62 bits per heavy atom. The SMILES string of the molecule is CN1CCN(c2ccc(-c3ncc4c(n3)N(CCOCCN3CCCC3)CC4)cc2)CC1. The van der Waals surface area contributed by atoms with Gasteiger partial charge in [0.1, 0.15) is 5.82 Å². The Kier molecular flexibility index (Phi) is 6.86. The third kappa shape index (κ3) is 5.05. The van der Waals surface area contributed by atoms with Crippen molar-refractivity contribution in [2.45, 2.75) is 19.3 Å². The second kappa shape index (κ2) is 10.1. The molecule has 3 aliphatic rings. The van der Waals surface area contributed by atoms with Gasteiger partial charge in [0.25, 0.3) is 0 Å². The first-order chi connectivity index (χ1) is 15.8. The second-order valence-corrected chi connectivity index (χ2v) is 9.28. The normalized spacial score (nSPS) is 19.7. The smallest absolute Gasteiger partial charge is 0.161 e. The molecule has 0 radical (unpaired) electrons. The number of nitrogens with zero attached hydrogens (tertiary/aromatic N) is 6. The van der Waals surface area contributed by atoms with Crippen LogP contribution in [0.15, 0.2) is 30.5 Å². The molecule has 0 aliphatic carbocycles. The van der Waals surface area contributed by atoms with E-state index in [1.165, 1.54) is 37.2 Å². The summed E-state index contributed by atoms with van der Waals surface area (Å²) in [6.07, 6.45) is 5.71. The van der Waals surface area contributed by atoms with Crippen LogP contribution < -0.4 is 9.80 Å². The second-order valence-electron chi connectivity index (χ2n) is 9.28. The Bertz CT molecular complexity index is 875. The third-order valence-corrected chi connectivity index (χ3v) is 7.04. The molecule has 1 aromatic carbocycles. The molecule has 7 heteroatoms. The van der Waals surface area contributed by atoms with Gasteiger partial charge in [0.2, 0.25) is 0 Å². The summed E-state index contributed by atoms with van der Waals surface area (Å²) in [5.74, 6) is 1.90. The van der Waals surface area contributed by atoms with E-state index in [1.54, 1.807) is 0 Å². The summed E-state index contributed by atoms with van der Waals surface area (Å²) < 4.78 is 5.93. The number of hydrogen-bond acceptors (Lipinski definition) is 7. The standard InChI is InChI=1S/C25H36N6O/c1-28-12-14-30(15-13-28)23-6-4-21(5-7-23)24-26-20-22-8-11-31(25(22)27-24)17-19-32-18-16-29-9-2-3-10-29/h4-7,20H,2-3,8-19H2,1H3. The molecule has 2 aromatic rings. The molecular weight excluding hydrogens is 400 g/mol. The summed E-state index contributed by atoms with van der Waals surface area (Å²) in [6.45, 7) is 11.4. The molecule has 172 valence electrons. The quantitative estimate of drug-likeness (QED) is 0.589. The van der Waals surface area contributed by atoms with E-state index in [-0.39, 0.29) is 0 Å². The van der Waals surface area contributed by atoms with Gasteiger partial charge in [-0.1, -0.05) is 0 Å². The van der Waals surface area contributed by atoms with Gasteiger partial charge in [-0.2, -0.15) is 0 Å². The zero-order chi connectivity index (χ0) is 21.8. The first-order valence-electron chi connectivity index (χ1n) is 12.2. The van der Waals surface area contributed by atoms with Crippen molar-refractivity contribution in [3.63, 3.8) is 0 Å². The average molecular weight is 437 g/mol. The zero-order valence-corrected chi connectivity index (χ0v) is 19.4. The van der Waals surface area contributed by atoms with Gasteiger partial charge >= 0.3 is 0 Å². The maximum Gasteiger partial charge on any atom is 0.161 e. The maximum absolute atomic E-state index is 5.93. The fraction of sp³-hybridized carbons (Fsp3) is 0.600. The largest absolute Gasteiger partial charge is 0.378 e. The lowest BCUT2D eigenvalue weighted by Gasteiger charge is -2.34. The van der Waals surface area contributed by atoms with Gasteiger partial charge in [0, 0.05) is 68.8 Å². The summed E-state index contributed by atoms with van der Waals surface area (Å²) in [5, 5.41) is 0. The van der Waals surface area contributed by atoms with E-state index in [2.05, 4.69) is 55.9 Å². The molecule has 1 aromatic heterocycles. The van der Waals surface area contributed by atoms with Crippen LogP contribution in [0, 0.1) is 0 Å². The van der Waals surface area contributed by atoms with Crippen molar-refractivity contribution in [1.82, 2.24) is 19.8 Å². The monoisotopic (exact) mass is 436 g/mol. The molecule has 4 heterocycles. The van der Waals surface area contributed by atoms with E-state index in [1.807, 2.05) is 6.20 Å². The van der Waals surface area contributed by atoms with Crippen LogP contribution in [0.2, 0.25) is 0 Å². The number of aromatic nitrogens is 2. The van der Waals surface area contributed by atoms with Crippen LogP contribution >= 0.6 is 0 Å². The minimum absolute atomic E-state index is 0.756. The van der Waals surface area contributed by atoms with Crippen LogP contribution in [0.1, 0.15) is 18.4 Å². The van der Waals surface area contributed by atoms with Crippen LogP contribution in [-0.4, -0.2) is 98.9 Å². The average Bonchev–Trinajstić information content (AvgIpc) is 3.49. The number of likely N-dealkylation sites (N-methyl/N-ethyl adjacent to an activating group) is 1. The number of ether oxygens (including phenoxy) is 1. The predicted molar refractivity (Wildman–Crippen MR) is 130 cm³/mol.